The van der Waals surface area contributed by atoms with Crippen molar-refractivity contribution in [2.45, 2.75) is 83.3 Å². The lowest BCUT2D eigenvalue weighted by atomic mass is 9.92. The molecule has 3 atom stereocenters. The Morgan fingerprint density at radius 1 is 0.976 bits per heavy atom. The molecule has 1 aliphatic heterocycles. The van der Waals surface area contributed by atoms with Crippen LogP contribution in [0.4, 0.5) is 0 Å². The fourth-order valence-electron chi connectivity index (χ4n) is 6.11. The van der Waals surface area contributed by atoms with Gasteiger partial charge in [0.2, 0.25) is 0 Å². The van der Waals surface area contributed by atoms with Crippen molar-refractivity contribution in [1.82, 2.24) is 0 Å². The van der Waals surface area contributed by atoms with Crippen molar-refractivity contribution < 1.29 is 18.6 Å². The molecule has 0 radical (unpaired) electrons. The SMILES string of the molecule is C=CCC[C@@]1(OCc2ccc(OC)cc2)CCC[C@@H]([C@@H](C)CO[Si](c2ccccc2)(c2ccccc2)C(C)(C)C)O1. The van der Waals surface area contributed by atoms with E-state index in [2.05, 4.69) is 107 Å². The minimum absolute atomic E-state index is 0.0575. The normalized spacial score (nSPS) is 20.4. The molecule has 41 heavy (non-hydrogen) atoms. The van der Waals surface area contributed by atoms with Crippen LogP contribution in [0.2, 0.25) is 5.04 Å². The molecule has 0 saturated carbocycles. The molecule has 0 aliphatic carbocycles. The molecule has 0 bridgehead atoms. The Bertz CT molecular complexity index is 1170. The van der Waals surface area contributed by atoms with Crippen LogP contribution in [0.1, 0.15) is 65.4 Å². The molecule has 0 spiro atoms. The van der Waals surface area contributed by atoms with E-state index in [4.69, 9.17) is 18.6 Å². The molecule has 1 aliphatic rings. The van der Waals surface area contributed by atoms with Gasteiger partial charge in [-0.1, -0.05) is 107 Å². The van der Waals surface area contributed by atoms with Crippen LogP contribution in [0, 0.1) is 5.92 Å². The second kappa shape index (κ2) is 14.0. The lowest BCUT2D eigenvalue weighted by Gasteiger charge is -2.46. The molecule has 0 amide bonds. The van der Waals surface area contributed by atoms with Crippen LogP contribution in [0.5, 0.6) is 5.75 Å². The summed E-state index contributed by atoms with van der Waals surface area (Å²) in [6, 6.07) is 29.8. The second-order valence-corrected chi connectivity index (χ2v) is 16.7. The van der Waals surface area contributed by atoms with E-state index in [1.165, 1.54) is 10.4 Å². The Labute approximate surface area is 248 Å². The smallest absolute Gasteiger partial charge is 0.261 e. The van der Waals surface area contributed by atoms with Crippen LogP contribution in [-0.2, 0) is 20.5 Å². The van der Waals surface area contributed by atoms with Gasteiger partial charge in [-0.15, -0.1) is 6.58 Å². The van der Waals surface area contributed by atoms with Gasteiger partial charge in [0, 0.05) is 25.4 Å². The highest BCUT2D eigenvalue weighted by Gasteiger charge is 2.50. The van der Waals surface area contributed by atoms with Crippen molar-refractivity contribution in [3.8, 4) is 5.75 Å². The van der Waals surface area contributed by atoms with Gasteiger partial charge >= 0.3 is 0 Å². The summed E-state index contributed by atoms with van der Waals surface area (Å²) >= 11 is 0. The number of hydrogen-bond acceptors (Lipinski definition) is 4. The van der Waals surface area contributed by atoms with E-state index < -0.39 is 14.1 Å². The summed E-state index contributed by atoms with van der Waals surface area (Å²) in [5, 5.41) is 2.55. The fraction of sp³-hybridized carbons (Fsp3) is 0.444. The summed E-state index contributed by atoms with van der Waals surface area (Å²) < 4.78 is 26.1. The summed E-state index contributed by atoms with van der Waals surface area (Å²) in [7, 11) is -0.925. The molecule has 220 valence electrons. The minimum atomic E-state index is -2.61. The van der Waals surface area contributed by atoms with Crippen molar-refractivity contribution in [3.05, 3.63) is 103 Å². The zero-order valence-corrected chi connectivity index (χ0v) is 26.6. The Hall–Kier alpha value is -2.70. The Morgan fingerprint density at radius 3 is 2.12 bits per heavy atom. The Morgan fingerprint density at radius 2 is 1.59 bits per heavy atom. The highest BCUT2D eigenvalue weighted by molar-refractivity contribution is 6.99. The van der Waals surface area contributed by atoms with Crippen molar-refractivity contribution in [2.75, 3.05) is 13.7 Å². The Kier molecular flexibility index (Phi) is 10.6. The average molecular weight is 573 g/mol. The van der Waals surface area contributed by atoms with E-state index in [9.17, 15) is 0 Å². The van der Waals surface area contributed by atoms with Gasteiger partial charge < -0.3 is 18.6 Å². The van der Waals surface area contributed by atoms with Crippen LogP contribution in [0.3, 0.4) is 0 Å². The monoisotopic (exact) mass is 572 g/mol. The molecule has 0 unspecified atom stereocenters. The largest absolute Gasteiger partial charge is 0.497 e. The fourth-order valence-corrected chi connectivity index (χ4v) is 10.8. The van der Waals surface area contributed by atoms with E-state index in [1.807, 2.05) is 18.2 Å². The van der Waals surface area contributed by atoms with Crippen molar-refractivity contribution in [3.63, 3.8) is 0 Å². The third-order valence-corrected chi connectivity index (χ3v) is 13.4. The number of hydrogen-bond donors (Lipinski definition) is 0. The lowest BCUT2D eigenvalue weighted by Crippen LogP contribution is -2.67. The highest BCUT2D eigenvalue weighted by Crippen LogP contribution is 2.40. The first-order valence-electron chi connectivity index (χ1n) is 15.0. The minimum Gasteiger partial charge on any atom is -0.497 e. The summed E-state index contributed by atoms with van der Waals surface area (Å²) in [5.41, 5.74) is 1.11. The van der Waals surface area contributed by atoms with Gasteiger partial charge in [-0.05, 0) is 52.4 Å². The molecule has 1 fully saturated rings. The zero-order valence-electron chi connectivity index (χ0n) is 25.6. The van der Waals surface area contributed by atoms with Crippen LogP contribution < -0.4 is 15.1 Å². The lowest BCUT2D eigenvalue weighted by molar-refractivity contribution is -0.296. The summed E-state index contributed by atoms with van der Waals surface area (Å²) in [4.78, 5) is 0. The predicted octanol–water partition coefficient (Wildman–Crippen LogP) is 7.66. The zero-order chi connectivity index (χ0) is 29.3. The van der Waals surface area contributed by atoms with Crippen molar-refractivity contribution in [2.24, 2.45) is 5.92 Å². The standard InChI is InChI=1S/C36H48O4Si/c1-7-8-25-36(38-28-30-21-23-31(37-6)24-22-30)26-15-20-34(40-36)29(2)27-39-41(35(3,4)5,32-16-11-9-12-17-32)33-18-13-10-14-19-33/h7,9-14,16-19,21-24,29,34H,1,8,15,20,25-28H2,2-6H3/t29-,34-,36-/m0/s1. The highest BCUT2D eigenvalue weighted by atomic mass is 28.4. The van der Waals surface area contributed by atoms with E-state index in [1.54, 1.807) is 7.11 Å². The maximum atomic E-state index is 7.27. The molecule has 4 nitrogen and oxygen atoms in total. The van der Waals surface area contributed by atoms with Gasteiger partial charge in [-0.3, -0.25) is 0 Å². The third-order valence-electron chi connectivity index (χ3n) is 8.42. The molecule has 0 N–H and O–H groups in total. The summed E-state index contributed by atoms with van der Waals surface area (Å²) in [5.74, 6) is 0.436. The van der Waals surface area contributed by atoms with E-state index in [0.29, 0.717) is 13.2 Å². The molecule has 0 aromatic heterocycles. The van der Waals surface area contributed by atoms with Crippen molar-refractivity contribution >= 4 is 18.7 Å². The van der Waals surface area contributed by atoms with Gasteiger partial charge in [0.15, 0.2) is 5.79 Å². The van der Waals surface area contributed by atoms with Crippen LogP contribution >= 0.6 is 0 Å². The third kappa shape index (κ3) is 7.39. The predicted molar refractivity (Wildman–Crippen MR) is 171 cm³/mol. The molecule has 3 aromatic rings. The van der Waals surface area contributed by atoms with Crippen LogP contribution in [0.15, 0.2) is 97.6 Å². The van der Waals surface area contributed by atoms with Crippen LogP contribution in [0.25, 0.3) is 0 Å². The van der Waals surface area contributed by atoms with Gasteiger partial charge in [-0.2, -0.15) is 0 Å². The molecular formula is C36H48O4Si. The number of methoxy groups -OCH3 is 1. The average Bonchev–Trinajstić information content (AvgIpc) is 3.00. The first-order chi connectivity index (χ1) is 19.7. The molecule has 5 heteroatoms. The summed E-state index contributed by atoms with van der Waals surface area (Å²) in [6.45, 7) is 14.4. The van der Waals surface area contributed by atoms with E-state index in [-0.39, 0.29) is 17.1 Å². The number of benzene rings is 3. The van der Waals surface area contributed by atoms with E-state index >= 15 is 0 Å². The number of rotatable bonds is 13. The maximum Gasteiger partial charge on any atom is 0.261 e. The quantitative estimate of drug-likeness (QED) is 0.156. The first-order valence-corrected chi connectivity index (χ1v) is 16.9. The second-order valence-electron chi connectivity index (χ2n) is 12.4. The van der Waals surface area contributed by atoms with Crippen LogP contribution in [-0.4, -0.2) is 33.9 Å². The molecule has 1 heterocycles. The maximum absolute atomic E-state index is 7.27. The molecule has 4 rings (SSSR count). The topological polar surface area (TPSA) is 36.9 Å². The Balaban J connectivity index is 1.54. The molecular weight excluding hydrogens is 524 g/mol. The van der Waals surface area contributed by atoms with E-state index in [0.717, 1.165) is 43.4 Å². The van der Waals surface area contributed by atoms with Crippen molar-refractivity contribution in [1.29, 1.82) is 0 Å². The van der Waals surface area contributed by atoms with Gasteiger partial charge in [0.25, 0.3) is 8.32 Å². The number of allylic oxidation sites excluding steroid dienone is 1. The molecule has 3 aromatic carbocycles. The molecule has 1 saturated heterocycles. The first kappa shape index (κ1) is 31.2. The van der Waals surface area contributed by atoms with Gasteiger partial charge in [0.1, 0.15) is 5.75 Å². The summed E-state index contributed by atoms with van der Waals surface area (Å²) in [6.07, 6.45) is 6.62. The van der Waals surface area contributed by atoms with Gasteiger partial charge in [0.05, 0.1) is 19.8 Å². The van der Waals surface area contributed by atoms with Gasteiger partial charge in [-0.25, -0.2) is 0 Å². The number of ether oxygens (including phenoxy) is 3.